The number of hydrogen-bond donors (Lipinski definition) is 1. The van der Waals surface area contributed by atoms with E-state index in [4.69, 9.17) is 16.6 Å². The fourth-order valence-corrected chi connectivity index (χ4v) is 1.26. The normalized spacial score (nSPS) is 11.1. The Morgan fingerprint density at radius 2 is 2.20 bits per heavy atom. The third-order valence-corrected chi connectivity index (χ3v) is 2.01. The molecule has 0 aliphatic carbocycles. The van der Waals surface area contributed by atoms with Crippen LogP contribution in [0.25, 0.3) is 12.2 Å². The first kappa shape index (κ1) is 11.4. The van der Waals surface area contributed by atoms with Crippen molar-refractivity contribution in [2.75, 3.05) is 0 Å². The molecule has 1 aromatic heterocycles. The summed E-state index contributed by atoms with van der Waals surface area (Å²) >= 11 is 4.83. The number of rotatable bonds is 4. The van der Waals surface area contributed by atoms with Crippen molar-refractivity contribution in [1.82, 2.24) is 4.98 Å². The van der Waals surface area contributed by atoms with Gasteiger partial charge in [-0.25, -0.2) is 0 Å². The van der Waals surface area contributed by atoms with Gasteiger partial charge in [0.15, 0.2) is 11.5 Å². The maximum Gasteiger partial charge on any atom is 0.266 e. The molecule has 15 heavy (non-hydrogen) atoms. The lowest BCUT2D eigenvalue weighted by molar-refractivity contribution is -0.113. The molecular formula is C11H11NO2S. The van der Waals surface area contributed by atoms with Crippen LogP contribution in [0.2, 0.25) is 0 Å². The minimum Gasteiger partial charge on any atom is -0.429 e. The number of aromatic nitrogens is 1. The number of carbonyl (C=O) groups excluding carboxylic acids is 1. The molecule has 3 nitrogen and oxygen atoms in total. The van der Waals surface area contributed by atoms with E-state index in [1.165, 1.54) is 13.0 Å². The Morgan fingerprint density at radius 1 is 1.53 bits per heavy atom. The van der Waals surface area contributed by atoms with Crippen LogP contribution in [-0.2, 0) is 4.79 Å². The summed E-state index contributed by atoms with van der Waals surface area (Å²) in [5.74, 6) is 0.405. The molecule has 0 unspecified atom stereocenters. The van der Waals surface area contributed by atoms with E-state index in [-0.39, 0.29) is 10.6 Å². The first-order valence-electron chi connectivity index (χ1n) is 4.29. The number of ketones is 1. The molecule has 1 N–H and O–H groups in total. The second-order valence-corrected chi connectivity index (χ2v) is 3.23. The fraction of sp³-hybridized carbons (Fsp3) is 0.0909. The van der Waals surface area contributed by atoms with E-state index in [9.17, 15) is 4.79 Å². The zero-order chi connectivity index (χ0) is 11.4. The van der Waals surface area contributed by atoms with Gasteiger partial charge in [0.2, 0.25) is 0 Å². The standard InChI is InChI=1S/C11H11NO2S/c1-4-8(7(3)13)6-10-9(5-2)12-11(15)14-10/h4-6H,1-2H2,3H3,(H,12,15)/b8-6+. The van der Waals surface area contributed by atoms with Crippen molar-refractivity contribution < 1.29 is 9.21 Å². The van der Waals surface area contributed by atoms with Crippen LogP contribution in [0.3, 0.4) is 0 Å². The van der Waals surface area contributed by atoms with E-state index in [0.717, 1.165) is 0 Å². The molecule has 1 heterocycles. The van der Waals surface area contributed by atoms with Gasteiger partial charge >= 0.3 is 0 Å². The predicted octanol–water partition coefficient (Wildman–Crippen LogP) is 3.14. The average Bonchev–Trinajstić information content (AvgIpc) is 2.54. The molecule has 78 valence electrons. The van der Waals surface area contributed by atoms with E-state index < -0.39 is 0 Å². The number of aromatic amines is 1. The number of hydrogen-bond acceptors (Lipinski definition) is 3. The van der Waals surface area contributed by atoms with Crippen LogP contribution in [0.4, 0.5) is 0 Å². The zero-order valence-electron chi connectivity index (χ0n) is 8.37. The van der Waals surface area contributed by atoms with Crippen molar-refractivity contribution in [1.29, 1.82) is 0 Å². The van der Waals surface area contributed by atoms with Crippen molar-refractivity contribution in [2.24, 2.45) is 0 Å². The van der Waals surface area contributed by atoms with Crippen molar-refractivity contribution in [3.8, 4) is 0 Å². The maximum atomic E-state index is 11.1. The first-order valence-corrected chi connectivity index (χ1v) is 4.70. The van der Waals surface area contributed by atoms with Gasteiger partial charge in [-0.15, -0.1) is 0 Å². The summed E-state index contributed by atoms with van der Waals surface area (Å²) < 4.78 is 5.20. The summed E-state index contributed by atoms with van der Waals surface area (Å²) in [5.41, 5.74) is 1.12. The molecule has 0 atom stereocenters. The minimum atomic E-state index is -0.0812. The Bertz CT molecular complexity index is 491. The molecule has 0 aromatic carbocycles. The quantitative estimate of drug-likeness (QED) is 0.482. The van der Waals surface area contributed by atoms with Gasteiger partial charge in [-0.05, 0) is 31.3 Å². The number of H-pyrrole nitrogens is 1. The molecule has 1 rings (SSSR count). The second-order valence-electron chi connectivity index (χ2n) is 2.86. The van der Waals surface area contributed by atoms with Crippen LogP contribution in [0, 0.1) is 4.84 Å². The molecule has 0 aliphatic rings. The van der Waals surface area contributed by atoms with E-state index >= 15 is 0 Å². The summed E-state index contributed by atoms with van der Waals surface area (Å²) in [6.07, 6.45) is 4.63. The van der Waals surface area contributed by atoms with Crippen LogP contribution in [0.1, 0.15) is 18.4 Å². The smallest absolute Gasteiger partial charge is 0.266 e. The number of oxazole rings is 1. The second kappa shape index (κ2) is 4.70. The number of Topliss-reactive ketones (excluding diaryl/α,β-unsaturated/α-hetero) is 1. The first-order chi connectivity index (χ1) is 7.08. The van der Waals surface area contributed by atoms with E-state index in [1.54, 1.807) is 12.2 Å². The third-order valence-electron chi connectivity index (χ3n) is 1.82. The van der Waals surface area contributed by atoms with Gasteiger partial charge in [0, 0.05) is 5.57 Å². The van der Waals surface area contributed by atoms with Gasteiger partial charge in [-0.1, -0.05) is 19.2 Å². The Morgan fingerprint density at radius 3 is 2.67 bits per heavy atom. The lowest BCUT2D eigenvalue weighted by Crippen LogP contribution is -1.92. The molecule has 0 fully saturated rings. The Balaban J connectivity index is 3.27. The summed E-state index contributed by atoms with van der Waals surface area (Å²) in [6, 6.07) is 0. The molecular weight excluding hydrogens is 210 g/mol. The van der Waals surface area contributed by atoms with Crippen LogP contribution in [0.15, 0.2) is 29.2 Å². The largest absolute Gasteiger partial charge is 0.429 e. The van der Waals surface area contributed by atoms with Crippen LogP contribution < -0.4 is 0 Å². The lowest BCUT2D eigenvalue weighted by atomic mass is 10.1. The van der Waals surface area contributed by atoms with Crippen LogP contribution in [0.5, 0.6) is 0 Å². The zero-order valence-corrected chi connectivity index (χ0v) is 9.19. The van der Waals surface area contributed by atoms with Crippen molar-refractivity contribution in [2.45, 2.75) is 6.92 Å². The number of nitrogens with one attached hydrogen (secondary N) is 1. The van der Waals surface area contributed by atoms with Gasteiger partial charge < -0.3 is 9.40 Å². The minimum absolute atomic E-state index is 0.0812. The predicted molar refractivity (Wildman–Crippen MR) is 62.8 cm³/mol. The monoisotopic (exact) mass is 221 g/mol. The molecule has 0 radical (unpaired) electrons. The highest BCUT2D eigenvalue weighted by molar-refractivity contribution is 7.71. The highest BCUT2D eigenvalue weighted by Crippen LogP contribution is 2.15. The lowest BCUT2D eigenvalue weighted by Gasteiger charge is -1.94. The van der Waals surface area contributed by atoms with Crippen molar-refractivity contribution in [3.63, 3.8) is 0 Å². The molecule has 4 heteroatoms. The van der Waals surface area contributed by atoms with Crippen LogP contribution in [-0.4, -0.2) is 10.8 Å². The SMILES string of the molecule is C=C/C(=C\c1oc(=S)[nH]c1C=C)C(C)=O. The summed E-state index contributed by atoms with van der Waals surface area (Å²) in [7, 11) is 0. The summed E-state index contributed by atoms with van der Waals surface area (Å²) in [6.45, 7) is 8.61. The summed E-state index contributed by atoms with van der Waals surface area (Å²) in [5, 5.41) is 0. The average molecular weight is 221 g/mol. The van der Waals surface area contributed by atoms with E-state index in [1.807, 2.05) is 0 Å². The molecule has 0 aliphatic heterocycles. The van der Waals surface area contributed by atoms with Gasteiger partial charge in [-0.3, -0.25) is 4.79 Å². The number of carbonyl (C=O) groups is 1. The highest BCUT2D eigenvalue weighted by atomic mass is 32.1. The van der Waals surface area contributed by atoms with Crippen molar-refractivity contribution in [3.05, 3.63) is 41.1 Å². The Kier molecular flexibility index (Phi) is 3.57. The topological polar surface area (TPSA) is 46.0 Å². The molecule has 0 amide bonds. The van der Waals surface area contributed by atoms with Gasteiger partial charge in [0.25, 0.3) is 4.84 Å². The highest BCUT2D eigenvalue weighted by Gasteiger charge is 2.05. The Labute approximate surface area is 92.8 Å². The number of allylic oxidation sites excluding steroid dienone is 2. The molecule has 1 aromatic rings. The van der Waals surface area contributed by atoms with Crippen LogP contribution >= 0.6 is 12.2 Å². The van der Waals surface area contributed by atoms with Gasteiger partial charge in [-0.2, -0.15) is 0 Å². The molecule has 0 saturated carbocycles. The maximum absolute atomic E-state index is 11.1. The summed E-state index contributed by atoms with van der Waals surface area (Å²) in [4.78, 5) is 14.2. The molecule has 0 saturated heterocycles. The van der Waals surface area contributed by atoms with Crippen molar-refractivity contribution >= 4 is 30.2 Å². The Hall–Kier alpha value is -1.68. The third kappa shape index (κ3) is 2.63. The van der Waals surface area contributed by atoms with E-state index in [0.29, 0.717) is 17.0 Å². The van der Waals surface area contributed by atoms with E-state index in [2.05, 4.69) is 18.1 Å². The van der Waals surface area contributed by atoms with Gasteiger partial charge in [0.05, 0.1) is 5.69 Å². The fourth-order valence-electron chi connectivity index (χ4n) is 1.06. The molecule has 0 spiro atoms. The molecule has 0 bridgehead atoms. The van der Waals surface area contributed by atoms with Gasteiger partial charge in [0.1, 0.15) is 0 Å².